The normalized spacial score (nSPS) is 11.9. The molecule has 0 N–H and O–H groups in total. The van der Waals surface area contributed by atoms with Gasteiger partial charge in [0.05, 0.1) is 0 Å². The molecule has 3 heteroatoms. The van der Waals surface area contributed by atoms with Gasteiger partial charge in [0.15, 0.2) is 5.78 Å². The second-order valence-corrected chi connectivity index (χ2v) is 7.52. The molecule has 0 saturated heterocycles. The summed E-state index contributed by atoms with van der Waals surface area (Å²) in [6.07, 6.45) is 6.88. The predicted molar refractivity (Wildman–Crippen MR) is 115 cm³/mol. The topological polar surface area (TPSA) is 30.0 Å². The highest BCUT2D eigenvalue weighted by atomic mass is 79.9. The van der Waals surface area contributed by atoms with Crippen LogP contribution in [0.3, 0.4) is 0 Å². The molecule has 0 spiro atoms. The van der Waals surface area contributed by atoms with Crippen molar-refractivity contribution in [2.75, 3.05) is 0 Å². The number of allylic oxidation sites excluding steroid dienone is 1. The quantitative estimate of drug-likeness (QED) is 0.189. The van der Waals surface area contributed by atoms with Gasteiger partial charge >= 0.3 is 0 Å². The third-order valence-corrected chi connectivity index (χ3v) is 5.38. The molecule has 0 radical (unpaired) electrons. The molecule has 1 heterocycles. The summed E-state index contributed by atoms with van der Waals surface area (Å²) in [6, 6.07) is 20.6. The minimum absolute atomic E-state index is 0.00657. The molecule has 0 aliphatic rings. The Bertz CT molecular complexity index is 1340. The molecule has 4 aromatic carbocycles. The van der Waals surface area contributed by atoms with Crippen LogP contribution in [0.5, 0.6) is 0 Å². The number of carbonyl (C=O) groups excluding carboxylic acids is 1. The molecule has 0 atom stereocenters. The number of hydrogen-bond acceptors (Lipinski definition) is 2. The molecule has 27 heavy (non-hydrogen) atoms. The zero-order valence-corrected chi connectivity index (χ0v) is 15.9. The van der Waals surface area contributed by atoms with E-state index in [1.54, 1.807) is 24.5 Å². The number of carbonyl (C=O) groups is 1. The average molecular weight is 412 g/mol. The van der Waals surface area contributed by atoms with E-state index < -0.39 is 0 Å². The van der Waals surface area contributed by atoms with Crippen molar-refractivity contribution in [2.24, 2.45) is 0 Å². The van der Waals surface area contributed by atoms with Crippen molar-refractivity contribution in [2.45, 2.75) is 0 Å². The van der Waals surface area contributed by atoms with Gasteiger partial charge in [-0.25, -0.2) is 0 Å². The molecule has 0 unspecified atom stereocenters. The number of halogens is 1. The lowest BCUT2D eigenvalue weighted by Crippen LogP contribution is -1.97. The van der Waals surface area contributed by atoms with Gasteiger partial charge in [0, 0.05) is 22.4 Å². The van der Waals surface area contributed by atoms with Gasteiger partial charge in [-0.2, -0.15) is 0 Å². The van der Waals surface area contributed by atoms with Crippen molar-refractivity contribution >= 4 is 60.1 Å². The fourth-order valence-corrected chi connectivity index (χ4v) is 4.11. The van der Waals surface area contributed by atoms with E-state index in [-0.39, 0.29) is 5.78 Å². The van der Waals surface area contributed by atoms with E-state index in [2.05, 4.69) is 63.4 Å². The van der Waals surface area contributed by atoms with E-state index in [0.29, 0.717) is 0 Å². The van der Waals surface area contributed by atoms with E-state index in [1.165, 1.54) is 16.2 Å². The Labute approximate surface area is 164 Å². The van der Waals surface area contributed by atoms with Crippen LogP contribution in [-0.2, 0) is 0 Å². The van der Waals surface area contributed by atoms with Gasteiger partial charge < -0.3 is 0 Å². The summed E-state index contributed by atoms with van der Waals surface area (Å²) >= 11 is 3.40. The van der Waals surface area contributed by atoms with Crippen LogP contribution < -0.4 is 0 Å². The smallest absolute Gasteiger partial charge is 0.186 e. The second kappa shape index (κ2) is 6.29. The van der Waals surface area contributed by atoms with Crippen LogP contribution in [0, 0.1) is 0 Å². The number of ketones is 1. The standard InChI is InChI=1S/C24H14BrNO/c25-19-12-15(13-26-14-19)4-11-22(27)20-9-7-18-6-5-16-2-1-3-17-8-10-21(20)24(18)23(16)17/h1-14H. The second-order valence-electron chi connectivity index (χ2n) is 6.60. The number of pyridine rings is 1. The predicted octanol–water partition coefficient (Wildman–Crippen LogP) is 6.64. The zero-order valence-electron chi connectivity index (χ0n) is 14.3. The Balaban J connectivity index is 1.68. The molecular weight excluding hydrogens is 398 g/mol. The van der Waals surface area contributed by atoms with Crippen molar-refractivity contribution < 1.29 is 4.79 Å². The van der Waals surface area contributed by atoms with Gasteiger partial charge in [-0.1, -0.05) is 48.5 Å². The van der Waals surface area contributed by atoms with Crippen molar-refractivity contribution in [1.82, 2.24) is 4.98 Å². The Hall–Kier alpha value is -3.04. The van der Waals surface area contributed by atoms with Crippen molar-refractivity contribution in [3.63, 3.8) is 0 Å². The largest absolute Gasteiger partial charge is 0.289 e. The highest BCUT2D eigenvalue weighted by Gasteiger charge is 2.13. The first-order valence-corrected chi connectivity index (χ1v) is 9.49. The fraction of sp³-hybridized carbons (Fsp3) is 0. The highest BCUT2D eigenvalue weighted by molar-refractivity contribution is 9.10. The van der Waals surface area contributed by atoms with Gasteiger partial charge in [0.25, 0.3) is 0 Å². The lowest BCUT2D eigenvalue weighted by molar-refractivity contribution is 0.104. The first-order valence-electron chi connectivity index (χ1n) is 8.70. The minimum Gasteiger partial charge on any atom is -0.289 e. The number of hydrogen-bond donors (Lipinski definition) is 0. The molecule has 0 saturated carbocycles. The van der Waals surface area contributed by atoms with Crippen molar-refractivity contribution in [1.29, 1.82) is 0 Å². The summed E-state index contributed by atoms with van der Waals surface area (Å²) in [5.41, 5.74) is 1.61. The highest BCUT2D eigenvalue weighted by Crippen LogP contribution is 2.36. The Morgan fingerprint density at radius 2 is 1.56 bits per heavy atom. The summed E-state index contributed by atoms with van der Waals surface area (Å²) < 4.78 is 0.889. The zero-order chi connectivity index (χ0) is 18.4. The first kappa shape index (κ1) is 16.2. The maximum absolute atomic E-state index is 12.9. The fourth-order valence-electron chi connectivity index (χ4n) is 3.73. The Morgan fingerprint density at radius 3 is 2.33 bits per heavy atom. The third-order valence-electron chi connectivity index (χ3n) is 4.95. The maximum atomic E-state index is 12.9. The maximum Gasteiger partial charge on any atom is 0.186 e. The van der Waals surface area contributed by atoms with Crippen LogP contribution in [0.25, 0.3) is 38.4 Å². The molecule has 0 aliphatic heterocycles. The molecule has 0 fully saturated rings. The summed E-state index contributed by atoms with van der Waals surface area (Å²) in [7, 11) is 0. The number of rotatable bonds is 3. The van der Waals surface area contributed by atoms with Gasteiger partial charge in [-0.3, -0.25) is 9.78 Å². The molecule has 5 aromatic rings. The molecule has 0 aliphatic carbocycles. The number of benzene rings is 4. The third kappa shape index (κ3) is 2.71. The SMILES string of the molecule is O=C(C=Cc1cncc(Br)c1)c1ccc2ccc3cccc4ccc1c2c34. The molecule has 128 valence electrons. The van der Waals surface area contributed by atoms with Crippen molar-refractivity contribution in [3.05, 3.63) is 94.7 Å². The van der Waals surface area contributed by atoms with Crippen LogP contribution in [0.1, 0.15) is 15.9 Å². The molecular formula is C24H14BrNO. The average Bonchev–Trinajstić information content (AvgIpc) is 2.70. The lowest BCUT2D eigenvalue weighted by atomic mass is 9.91. The monoisotopic (exact) mass is 411 g/mol. The van der Waals surface area contributed by atoms with Gasteiger partial charge in [0.1, 0.15) is 0 Å². The lowest BCUT2D eigenvalue weighted by Gasteiger charge is -2.12. The van der Waals surface area contributed by atoms with Crippen LogP contribution in [-0.4, -0.2) is 10.8 Å². The van der Waals surface area contributed by atoms with E-state index in [4.69, 9.17) is 0 Å². The Kier molecular flexibility index (Phi) is 3.76. The molecule has 5 rings (SSSR count). The van der Waals surface area contributed by atoms with E-state index in [9.17, 15) is 4.79 Å². The van der Waals surface area contributed by atoms with E-state index in [1.807, 2.05) is 18.2 Å². The van der Waals surface area contributed by atoms with Crippen LogP contribution in [0.15, 0.2) is 83.6 Å². The molecule has 0 amide bonds. The Morgan fingerprint density at radius 1 is 0.852 bits per heavy atom. The molecule has 2 nitrogen and oxygen atoms in total. The van der Waals surface area contributed by atoms with Crippen molar-refractivity contribution in [3.8, 4) is 0 Å². The van der Waals surface area contributed by atoms with E-state index in [0.717, 1.165) is 31.8 Å². The van der Waals surface area contributed by atoms with Crippen LogP contribution in [0.4, 0.5) is 0 Å². The number of aromatic nitrogens is 1. The summed E-state index contributed by atoms with van der Waals surface area (Å²) in [5, 5.41) is 6.94. The molecule has 0 bridgehead atoms. The van der Waals surface area contributed by atoms with E-state index >= 15 is 0 Å². The van der Waals surface area contributed by atoms with Crippen LogP contribution >= 0.6 is 15.9 Å². The first-order chi connectivity index (χ1) is 13.2. The number of nitrogens with zero attached hydrogens (tertiary/aromatic N) is 1. The summed E-state index contributed by atoms with van der Waals surface area (Å²) in [5.74, 6) is -0.00657. The van der Waals surface area contributed by atoms with Crippen LogP contribution in [0.2, 0.25) is 0 Å². The summed E-state index contributed by atoms with van der Waals surface area (Å²) in [4.78, 5) is 17.1. The molecule has 1 aromatic heterocycles. The van der Waals surface area contributed by atoms with Gasteiger partial charge in [-0.15, -0.1) is 0 Å². The van der Waals surface area contributed by atoms with Gasteiger partial charge in [0.2, 0.25) is 0 Å². The van der Waals surface area contributed by atoms with Gasteiger partial charge in [-0.05, 0) is 78.1 Å². The minimum atomic E-state index is -0.00657. The summed E-state index contributed by atoms with van der Waals surface area (Å²) in [6.45, 7) is 0.